The molecule has 0 bridgehead atoms. The van der Waals surface area contributed by atoms with E-state index < -0.39 is 7.60 Å². The second kappa shape index (κ2) is 3.33. The topological polar surface area (TPSA) is 20.3 Å². The summed E-state index contributed by atoms with van der Waals surface area (Å²) in [7, 11) is -3.44. The molecule has 0 spiro atoms. The van der Waals surface area contributed by atoms with E-state index in [0.717, 1.165) is 6.66 Å². The van der Waals surface area contributed by atoms with Gasteiger partial charge >= 0.3 is 7.60 Å². The van der Waals surface area contributed by atoms with Crippen molar-refractivity contribution in [3.05, 3.63) is 0 Å². The zero-order chi connectivity index (χ0) is 7.49. The van der Waals surface area contributed by atoms with E-state index in [1.165, 1.54) is 4.67 Å². The van der Waals surface area contributed by atoms with E-state index in [9.17, 15) is 8.76 Å². The maximum absolute atomic E-state index is 12.5. The minimum atomic E-state index is -3.44. The van der Waals surface area contributed by atoms with Gasteiger partial charge in [0.05, 0.1) is 0 Å². The van der Waals surface area contributed by atoms with Gasteiger partial charge in [-0.05, 0) is 0 Å². The second-order valence-electron chi connectivity index (χ2n) is 1.92. The third-order valence-electron chi connectivity index (χ3n) is 1.24. The molecule has 0 aliphatic rings. The number of rotatable bonds is 3. The van der Waals surface area contributed by atoms with Crippen LogP contribution in [0.1, 0.15) is 13.8 Å². The van der Waals surface area contributed by atoms with Gasteiger partial charge in [-0.15, -0.1) is 0 Å². The Balaban J connectivity index is 3.96. The highest BCUT2D eigenvalue weighted by atomic mass is 31.2. The van der Waals surface area contributed by atoms with Gasteiger partial charge in [-0.1, -0.05) is 13.8 Å². The van der Waals surface area contributed by atoms with E-state index in [2.05, 4.69) is 0 Å². The van der Waals surface area contributed by atoms with Crippen molar-refractivity contribution in [2.45, 2.75) is 13.8 Å². The van der Waals surface area contributed by atoms with Crippen LogP contribution in [0, 0.1) is 0 Å². The molecular weight excluding hydrogens is 140 g/mol. The van der Waals surface area contributed by atoms with Gasteiger partial charge in [0, 0.05) is 19.8 Å². The highest BCUT2D eigenvalue weighted by molar-refractivity contribution is 7.55. The molecule has 0 aliphatic carbocycles. The van der Waals surface area contributed by atoms with Crippen LogP contribution >= 0.6 is 7.60 Å². The normalized spacial score (nSPS) is 17.9. The van der Waals surface area contributed by atoms with Crippen molar-refractivity contribution in [2.24, 2.45) is 0 Å². The summed E-state index contributed by atoms with van der Waals surface area (Å²) >= 11 is 0. The first-order valence-electron chi connectivity index (χ1n) is 3.05. The fraction of sp³-hybridized carbons (Fsp3) is 1.00. The van der Waals surface area contributed by atoms with Gasteiger partial charge in [0.1, 0.15) is 0 Å². The van der Waals surface area contributed by atoms with E-state index >= 15 is 0 Å². The van der Waals surface area contributed by atoms with Gasteiger partial charge in [-0.2, -0.15) is 4.20 Å². The predicted octanol–water partition coefficient (Wildman–Crippen LogP) is 2.12. The predicted molar refractivity (Wildman–Crippen MR) is 37.6 cm³/mol. The molecule has 1 atom stereocenters. The molecular formula is C5H13FNOP. The Morgan fingerprint density at radius 1 is 1.44 bits per heavy atom. The van der Waals surface area contributed by atoms with Gasteiger partial charge in [0.25, 0.3) is 0 Å². The highest BCUT2D eigenvalue weighted by Gasteiger charge is 2.19. The summed E-state index contributed by atoms with van der Waals surface area (Å²) in [6, 6.07) is 0. The Morgan fingerprint density at radius 2 is 1.78 bits per heavy atom. The average Bonchev–Trinajstić information content (AvgIpc) is 1.65. The van der Waals surface area contributed by atoms with E-state index in [0.29, 0.717) is 13.1 Å². The summed E-state index contributed by atoms with van der Waals surface area (Å²) in [5, 5.41) is 0. The van der Waals surface area contributed by atoms with Crippen LogP contribution in [0.4, 0.5) is 4.20 Å². The Kier molecular flexibility index (Phi) is 3.37. The van der Waals surface area contributed by atoms with Gasteiger partial charge in [0.15, 0.2) is 0 Å². The smallest absolute Gasteiger partial charge is 0.270 e. The highest BCUT2D eigenvalue weighted by Crippen LogP contribution is 2.46. The lowest BCUT2D eigenvalue weighted by Crippen LogP contribution is -2.16. The third-order valence-corrected chi connectivity index (χ3v) is 2.81. The lowest BCUT2D eigenvalue weighted by molar-refractivity contribution is 0.413. The van der Waals surface area contributed by atoms with Crippen molar-refractivity contribution in [3.63, 3.8) is 0 Å². The van der Waals surface area contributed by atoms with Crippen LogP contribution in [-0.4, -0.2) is 24.4 Å². The first-order valence-corrected chi connectivity index (χ1v) is 5.04. The molecule has 0 amide bonds. The average molecular weight is 153 g/mol. The molecule has 56 valence electrons. The number of nitrogens with zero attached hydrogens (tertiary/aromatic N) is 1. The molecule has 0 saturated heterocycles. The monoisotopic (exact) mass is 153 g/mol. The van der Waals surface area contributed by atoms with Crippen LogP contribution in [0.3, 0.4) is 0 Å². The van der Waals surface area contributed by atoms with Crippen molar-refractivity contribution < 1.29 is 8.76 Å². The van der Waals surface area contributed by atoms with E-state index in [1.54, 1.807) is 13.8 Å². The molecule has 0 heterocycles. The largest absolute Gasteiger partial charge is 0.307 e. The van der Waals surface area contributed by atoms with Gasteiger partial charge in [0.2, 0.25) is 0 Å². The zero-order valence-corrected chi connectivity index (χ0v) is 6.99. The molecule has 0 rings (SSSR count). The van der Waals surface area contributed by atoms with Gasteiger partial charge < -0.3 is 0 Å². The summed E-state index contributed by atoms with van der Waals surface area (Å²) in [5.41, 5.74) is 0. The molecule has 0 fully saturated rings. The molecule has 0 aliphatic heterocycles. The fourth-order valence-corrected chi connectivity index (χ4v) is 1.74. The Bertz CT molecular complexity index is 118. The molecule has 0 aromatic rings. The van der Waals surface area contributed by atoms with Gasteiger partial charge in [-0.25, -0.2) is 4.67 Å². The van der Waals surface area contributed by atoms with Crippen LogP contribution in [0.5, 0.6) is 0 Å². The quantitative estimate of drug-likeness (QED) is 0.579. The molecule has 0 aromatic carbocycles. The minimum absolute atomic E-state index is 0.515. The molecule has 2 nitrogen and oxygen atoms in total. The third kappa shape index (κ3) is 2.97. The summed E-state index contributed by atoms with van der Waals surface area (Å²) in [4.78, 5) is 0. The molecule has 0 aromatic heterocycles. The molecule has 0 N–H and O–H groups in total. The molecule has 4 heteroatoms. The Hall–Kier alpha value is 0.120. The lowest BCUT2D eigenvalue weighted by atomic mass is 10.7. The van der Waals surface area contributed by atoms with Crippen LogP contribution in [0.2, 0.25) is 0 Å². The summed E-state index contributed by atoms with van der Waals surface area (Å²) in [5.74, 6) is 0. The maximum atomic E-state index is 12.5. The Labute approximate surface area is 55.6 Å². The van der Waals surface area contributed by atoms with Crippen LogP contribution in [-0.2, 0) is 4.57 Å². The summed E-state index contributed by atoms with van der Waals surface area (Å²) in [6.45, 7) is 5.75. The molecule has 0 saturated carbocycles. The minimum Gasteiger partial charge on any atom is -0.270 e. The van der Waals surface area contributed by atoms with Crippen LogP contribution < -0.4 is 0 Å². The Morgan fingerprint density at radius 3 is 1.78 bits per heavy atom. The first-order chi connectivity index (χ1) is 4.02. The van der Waals surface area contributed by atoms with Crippen molar-refractivity contribution in [1.82, 2.24) is 4.67 Å². The zero-order valence-electron chi connectivity index (χ0n) is 6.09. The second-order valence-corrected chi connectivity index (χ2v) is 4.04. The number of hydrogen-bond donors (Lipinski definition) is 0. The summed E-state index contributed by atoms with van der Waals surface area (Å²) < 4.78 is 24.5. The molecule has 9 heavy (non-hydrogen) atoms. The SMILES string of the molecule is CCN(CC)P(C)(=O)F. The van der Waals surface area contributed by atoms with Crippen molar-refractivity contribution in [2.75, 3.05) is 19.8 Å². The van der Waals surface area contributed by atoms with Crippen molar-refractivity contribution in [1.29, 1.82) is 0 Å². The van der Waals surface area contributed by atoms with Crippen molar-refractivity contribution in [3.8, 4) is 0 Å². The first kappa shape index (κ1) is 9.12. The van der Waals surface area contributed by atoms with Crippen LogP contribution in [0.25, 0.3) is 0 Å². The standard InChI is InChI=1S/C5H13FNOP/c1-4-7(5-2)9(3,6)8/h4-5H2,1-3H3. The van der Waals surface area contributed by atoms with E-state index in [-0.39, 0.29) is 0 Å². The van der Waals surface area contributed by atoms with E-state index in [1.807, 2.05) is 0 Å². The molecule has 1 unspecified atom stereocenters. The molecule has 0 radical (unpaired) electrons. The summed E-state index contributed by atoms with van der Waals surface area (Å²) in [6.07, 6.45) is 0. The van der Waals surface area contributed by atoms with Crippen LogP contribution in [0.15, 0.2) is 0 Å². The number of halogens is 1. The van der Waals surface area contributed by atoms with E-state index in [4.69, 9.17) is 0 Å². The number of hydrogen-bond acceptors (Lipinski definition) is 1. The van der Waals surface area contributed by atoms with Gasteiger partial charge in [-0.3, -0.25) is 4.57 Å². The van der Waals surface area contributed by atoms with Crippen molar-refractivity contribution >= 4 is 7.60 Å². The lowest BCUT2D eigenvalue weighted by Gasteiger charge is -2.18. The fourth-order valence-electron chi connectivity index (χ4n) is 0.729. The maximum Gasteiger partial charge on any atom is 0.307 e.